The SMILES string of the molecule is Cc1cccc2c(-c3cc(C(C)(C)C)c4ccccc4c3)nnnc12. The molecule has 3 aromatic carbocycles. The number of fused-ring (bicyclic) bond motifs is 2. The maximum absolute atomic E-state index is 4.39. The van der Waals surface area contributed by atoms with Gasteiger partial charge in [0.2, 0.25) is 0 Å². The molecule has 0 unspecified atom stereocenters. The summed E-state index contributed by atoms with van der Waals surface area (Å²) in [5.41, 5.74) is 5.38. The molecule has 0 saturated heterocycles. The maximum atomic E-state index is 4.39. The summed E-state index contributed by atoms with van der Waals surface area (Å²) < 4.78 is 0. The van der Waals surface area contributed by atoms with Gasteiger partial charge in [-0.05, 0) is 51.6 Å². The average molecular weight is 327 g/mol. The highest BCUT2D eigenvalue weighted by Crippen LogP contribution is 2.35. The van der Waals surface area contributed by atoms with Gasteiger partial charge in [-0.2, -0.15) is 0 Å². The van der Waals surface area contributed by atoms with Gasteiger partial charge < -0.3 is 0 Å². The first-order chi connectivity index (χ1) is 11.9. The van der Waals surface area contributed by atoms with Gasteiger partial charge in [0.15, 0.2) is 0 Å². The van der Waals surface area contributed by atoms with E-state index in [9.17, 15) is 0 Å². The lowest BCUT2D eigenvalue weighted by Gasteiger charge is -2.22. The Morgan fingerprint density at radius 2 is 1.56 bits per heavy atom. The summed E-state index contributed by atoms with van der Waals surface area (Å²) in [5, 5.41) is 16.2. The first-order valence-electron chi connectivity index (χ1n) is 8.57. The van der Waals surface area contributed by atoms with Gasteiger partial charge in [0.1, 0.15) is 5.69 Å². The predicted octanol–water partition coefficient (Wildman–Crippen LogP) is 5.45. The van der Waals surface area contributed by atoms with Crippen molar-refractivity contribution < 1.29 is 0 Å². The molecular formula is C22H21N3. The summed E-state index contributed by atoms with van der Waals surface area (Å²) >= 11 is 0. The van der Waals surface area contributed by atoms with E-state index in [1.165, 1.54) is 16.3 Å². The molecule has 0 radical (unpaired) electrons. The molecule has 0 aliphatic heterocycles. The van der Waals surface area contributed by atoms with Gasteiger partial charge in [0.25, 0.3) is 0 Å². The summed E-state index contributed by atoms with van der Waals surface area (Å²) in [7, 11) is 0. The zero-order chi connectivity index (χ0) is 17.6. The molecule has 0 aliphatic rings. The molecule has 1 aromatic heterocycles. The van der Waals surface area contributed by atoms with Crippen molar-refractivity contribution in [3.63, 3.8) is 0 Å². The molecule has 25 heavy (non-hydrogen) atoms. The highest BCUT2D eigenvalue weighted by Gasteiger charge is 2.19. The monoisotopic (exact) mass is 327 g/mol. The highest BCUT2D eigenvalue weighted by atomic mass is 15.3. The van der Waals surface area contributed by atoms with Crippen molar-refractivity contribution in [1.82, 2.24) is 15.4 Å². The van der Waals surface area contributed by atoms with Crippen LogP contribution in [-0.4, -0.2) is 15.4 Å². The Bertz CT molecular complexity index is 1090. The second-order valence-electron chi connectivity index (χ2n) is 7.60. The molecule has 0 N–H and O–H groups in total. The molecule has 3 heteroatoms. The minimum Gasteiger partial charge on any atom is -0.130 e. The van der Waals surface area contributed by atoms with Crippen molar-refractivity contribution >= 4 is 21.7 Å². The molecule has 3 nitrogen and oxygen atoms in total. The Labute approximate surface area is 147 Å². The lowest BCUT2D eigenvalue weighted by atomic mass is 9.82. The van der Waals surface area contributed by atoms with Gasteiger partial charge >= 0.3 is 0 Å². The number of hydrogen-bond donors (Lipinski definition) is 0. The maximum Gasteiger partial charge on any atom is 0.104 e. The Morgan fingerprint density at radius 3 is 2.36 bits per heavy atom. The van der Waals surface area contributed by atoms with E-state index in [0.717, 1.165) is 27.7 Å². The fourth-order valence-corrected chi connectivity index (χ4v) is 3.43. The van der Waals surface area contributed by atoms with E-state index in [2.05, 4.69) is 97.7 Å². The number of nitrogens with zero attached hydrogens (tertiary/aromatic N) is 3. The van der Waals surface area contributed by atoms with Crippen LogP contribution in [0.5, 0.6) is 0 Å². The second kappa shape index (κ2) is 5.62. The third kappa shape index (κ3) is 2.66. The smallest absolute Gasteiger partial charge is 0.104 e. The van der Waals surface area contributed by atoms with Crippen molar-refractivity contribution in [2.45, 2.75) is 33.1 Å². The van der Waals surface area contributed by atoms with Crippen LogP contribution in [0, 0.1) is 6.92 Å². The van der Waals surface area contributed by atoms with Crippen molar-refractivity contribution in [1.29, 1.82) is 0 Å². The van der Waals surface area contributed by atoms with Crippen molar-refractivity contribution in [2.75, 3.05) is 0 Å². The van der Waals surface area contributed by atoms with Crippen LogP contribution in [0.15, 0.2) is 54.6 Å². The van der Waals surface area contributed by atoms with Crippen LogP contribution in [0.1, 0.15) is 31.9 Å². The topological polar surface area (TPSA) is 38.7 Å². The van der Waals surface area contributed by atoms with Crippen LogP contribution >= 0.6 is 0 Å². The largest absolute Gasteiger partial charge is 0.130 e. The summed E-state index contributed by atoms with van der Waals surface area (Å²) in [6.45, 7) is 8.80. The van der Waals surface area contributed by atoms with Crippen LogP contribution in [0.4, 0.5) is 0 Å². The fraction of sp³-hybridized carbons (Fsp3) is 0.227. The summed E-state index contributed by atoms with van der Waals surface area (Å²) in [6.07, 6.45) is 0. The van der Waals surface area contributed by atoms with Crippen molar-refractivity contribution in [3.05, 3.63) is 65.7 Å². The van der Waals surface area contributed by atoms with Gasteiger partial charge in [0.05, 0.1) is 5.52 Å². The molecule has 0 atom stereocenters. The molecule has 0 amide bonds. The molecule has 0 spiro atoms. The first kappa shape index (κ1) is 15.7. The molecule has 4 rings (SSSR count). The molecule has 0 aliphatic carbocycles. The molecule has 1 heterocycles. The van der Waals surface area contributed by atoms with Crippen molar-refractivity contribution in [2.24, 2.45) is 0 Å². The molecule has 0 fully saturated rings. The zero-order valence-electron chi connectivity index (χ0n) is 15.0. The number of rotatable bonds is 1. The van der Waals surface area contributed by atoms with Gasteiger partial charge in [-0.15, -0.1) is 10.2 Å². The third-order valence-corrected chi connectivity index (χ3v) is 4.73. The normalized spacial score (nSPS) is 12.0. The van der Waals surface area contributed by atoms with Crippen molar-refractivity contribution in [3.8, 4) is 11.3 Å². The van der Waals surface area contributed by atoms with Gasteiger partial charge in [-0.25, -0.2) is 0 Å². The first-order valence-corrected chi connectivity index (χ1v) is 8.57. The van der Waals surface area contributed by atoms with E-state index < -0.39 is 0 Å². The molecule has 124 valence electrons. The predicted molar refractivity (Wildman–Crippen MR) is 104 cm³/mol. The minimum atomic E-state index is 0.0434. The lowest BCUT2D eigenvalue weighted by Crippen LogP contribution is -2.12. The zero-order valence-corrected chi connectivity index (χ0v) is 15.0. The van der Waals surface area contributed by atoms with Crippen LogP contribution < -0.4 is 0 Å². The Kier molecular flexibility index (Phi) is 3.53. The number of hydrogen-bond acceptors (Lipinski definition) is 3. The quantitative estimate of drug-likeness (QED) is 0.466. The van der Waals surface area contributed by atoms with Gasteiger partial charge in [-0.3, -0.25) is 0 Å². The van der Waals surface area contributed by atoms with E-state index in [4.69, 9.17) is 0 Å². The van der Waals surface area contributed by atoms with Crippen LogP contribution in [0.3, 0.4) is 0 Å². The van der Waals surface area contributed by atoms with E-state index in [-0.39, 0.29) is 5.41 Å². The third-order valence-electron chi connectivity index (χ3n) is 4.73. The van der Waals surface area contributed by atoms with Crippen LogP contribution in [-0.2, 0) is 5.41 Å². The molecular weight excluding hydrogens is 306 g/mol. The summed E-state index contributed by atoms with van der Waals surface area (Å²) in [4.78, 5) is 0. The molecule has 4 aromatic rings. The standard InChI is InChI=1S/C22H21N3/c1-14-8-7-11-18-20(14)23-25-24-21(18)16-12-15-9-5-6-10-17(15)19(13-16)22(2,3)4/h5-13H,1-4H3. The lowest BCUT2D eigenvalue weighted by molar-refractivity contribution is 0.596. The van der Waals surface area contributed by atoms with Crippen LogP contribution in [0.2, 0.25) is 0 Å². The van der Waals surface area contributed by atoms with E-state index in [1.807, 2.05) is 0 Å². The fourth-order valence-electron chi connectivity index (χ4n) is 3.43. The number of aromatic nitrogens is 3. The summed E-state index contributed by atoms with van der Waals surface area (Å²) in [5.74, 6) is 0. The average Bonchev–Trinajstić information content (AvgIpc) is 2.60. The van der Waals surface area contributed by atoms with E-state index >= 15 is 0 Å². The number of aryl methyl sites for hydroxylation is 1. The highest BCUT2D eigenvalue weighted by molar-refractivity contribution is 5.97. The Balaban J connectivity index is 2.08. The molecule has 0 bridgehead atoms. The second-order valence-corrected chi connectivity index (χ2v) is 7.60. The van der Waals surface area contributed by atoms with E-state index in [1.54, 1.807) is 0 Å². The summed E-state index contributed by atoms with van der Waals surface area (Å²) in [6, 6.07) is 19.2. The minimum absolute atomic E-state index is 0.0434. The van der Waals surface area contributed by atoms with E-state index in [0.29, 0.717) is 0 Å². The Morgan fingerprint density at radius 1 is 0.800 bits per heavy atom. The van der Waals surface area contributed by atoms with Crippen LogP contribution in [0.25, 0.3) is 32.9 Å². The number of benzene rings is 3. The van der Waals surface area contributed by atoms with Gasteiger partial charge in [0, 0.05) is 10.9 Å². The Hall–Kier alpha value is -2.81. The molecule has 0 saturated carbocycles. The van der Waals surface area contributed by atoms with Gasteiger partial charge in [-0.1, -0.05) is 63.2 Å².